The standard InChI is InChI=1S/C26H28F5N7O3/c1-24(26(29,30)31)10-16(22(39)35-24)8-13-9-18-33-17(12-38(18)32-11-13)19(15-4-6-25(27,28)7-5-15)34-23(40)21-20(14-2-3-14)36-41-37-21/h9,11-12,14-16,19H,2-8,10H2,1H3,(H,34,40)(H,35,39)/t16-,19+,24+/m1/s1. The van der Waals surface area contributed by atoms with Gasteiger partial charge in [0.15, 0.2) is 11.3 Å². The Kier molecular flexibility index (Phi) is 6.53. The van der Waals surface area contributed by atoms with E-state index in [1.165, 1.54) is 10.7 Å². The quantitative estimate of drug-likeness (QED) is 0.399. The van der Waals surface area contributed by atoms with Crippen LogP contribution in [0.2, 0.25) is 0 Å². The van der Waals surface area contributed by atoms with Gasteiger partial charge in [0, 0.05) is 24.7 Å². The molecule has 0 bridgehead atoms. The van der Waals surface area contributed by atoms with Crippen molar-refractivity contribution in [2.75, 3.05) is 0 Å². The van der Waals surface area contributed by atoms with Crippen LogP contribution < -0.4 is 10.6 Å². The first-order chi connectivity index (χ1) is 19.3. The third-order valence-corrected chi connectivity index (χ3v) is 8.46. The van der Waals surface area contributed by atoms with Crippen LogP contribution in [0.3, 0.4) is 0 Å². The van der Waals surface area contributed by atoms with Gasteiger partial charge in [-0.15, -0.1) is 0 Å². The largest absolute Gasteiger partial charge is 0.411 e. The number of alkyl halides is 5. The lowest BCUT2D eigenvalue weighted by Crippen LogP contribution is -2.51. The van der Waals surface area contributed by atoms with Gasteiger partial charge in [0.2, 0.25) is 11.8 Å². The van der Waals surface area contributed by atoms with Gasteiger partial charge >= 0.3 is 6.18 Å². The summed E-state index contributed by atoms with van der Waals surface area (Å²) in [5.74, 6) is -5.13. The number of imidazole rings is 1. The third kappa shape index (κ3) is 5.37. The van der Waals surface area contributed by atoms with E-state index in [9.17, 15) is 31.5 Å². The van der Waals surface area contributed by atoms with Gasteiger partial charge in [-0.3, -0.25) is 9.59 Å². The third-order valence-electron chi connectivity index (χ3n) is 8.46. The molecule has 3 fully saturated rings. The minimum absolute atomic E-state index is 0.0319. The van der Waals surface area contributed by atoms with Crippen molar-refractivity contribution in [1.82, 2.24) is 35.5 Å². The molecule has 1 aliphatic heterocycles. The molecule has 3 atom stereocenters. The van der Waals surface area contributed by atoms with Gasteiger partial charge in [-0.25, -0.2) is 22.9 Å². The number of nitrogens with one attached hydrogen (secondary N) is 2. The van der Waals surface area contributed by atoms with E-state index in [1.807, 2.05) is 0 Å². The first-order valence-electron chi connectivity index (χ1n) is 13.6. The minimum atomic E-state index is -4.58. The lowest BCUT2D eigenvalue weighted by molar-refractivity contribution is -0.188. The van der Waals surface area contributed by atoms with Gasteiger partial charge in [0.05, 0.1) is 24.1 Å². The maximum Gasteiger partial charge on any atom is 0.411 e. The Balaban J connectivity index is 1.25. The van der Waals surface area contributed by atoms with E-state index in [0.29, 0.717) is 22.6 Å². The SMILES string of the molecule is C[C@@]1(C(F)(F)F)C[C@@H](Cc2cnn3cc([C@@H](NC(=O)c4nonc4C4CC4)C4CCC(F)(F)CC4)nc3c2)C(=O)N1. The highest BCUT2D eigenvalue weighted by Gasteiger charge is 2.57. The Morgan fingerprint density at radius 2 is 1.95 bits per heavy atom. The molecule has 3 aromatic heterocycles. The van der Waals surface area contributed by atoms with Crippen molar-refractivity contribution in [3.05, 3.63) is 41.1 Å². The number of amides is 2. The second kappa shape index (κ2) is 9.72. The molecule has 4 heterocycles. The fourth-order valence-corrected chi connectivity index (χ4v) is 5.86. The van der Waals surface area contributed by atoms with Crippen LogP contribution in [-0.4, -0.2) is 54.4 Å². The second-order valence-corrected chi connectivity index (χ2v) is 11.7. The number of nitrogens with zero attached hydrogens (tertiary/aromatic N) is 5. The Hall–Kier alpha value is -3.65. The van der Waals surface area contributed by atoms with Crippen LogP contribution >= 0.6 is 0 Å². The van der Waals surface area contributed by atoms with Crippen LogP contribution in [0.15, 0.2) is 23.1 Å². The van der Waals surface area contributed by atoms with Gasteiger partial charge in [-0.1, -0.05) is 5.16 Å². The van der Waals surface area contributed by atoms with Crippen LogP contribution in [-0.2, 0) is 11.2 Å². The number of carbonyl (C=O) groups excluding carboxylic acids is 2. The Morgan fingerprint density at radius 1 is 1.22 bits per heavy atom. The summed E-state index contributed by atoms with van der Waals surface area (Å²) in [6.45, 7) is 0.964. The normalized spacial score (nSPS) is 25.8. The van der Waals surface area contributed by atoms with Crippen LogP contribution in [0.1, 0.15) is 91.3 Å². The van der Waals surface area contributed by atoms with Crippen molar-refractivity contribution in [2.45, 2.75) is 87.9 Å². The fraction of sp³-hybridized carbons (Fsp3) is 0.615. The predicted molar refractivity (Wildman–Crippen MR) is 131 cm³/mol. The highest BCUT2D eigenvalue weighted by Crippen LogP contribution is 2.43. The Bertz CT molecular complexity index is 1470. The zero-order valence-corrected chi connectivity index (χ0v) is 22.0. The first-order valence-corrected chi connectivity index (χ1v) is 13.6. The average molecular weight is 582 g/mol. The monoisotopic (exact) mass is 581 g/mol. The average Bonchev–Trinajstić information content (AvgIpc) is 3.33. The molecular weight excluding hydrogens is 553 g/mol. The molecule has 15 heteroatoms. The van der Waals surface area contributed by atoms with Crippen molar-refractivity contribution in [3.8, 4) is 0 Å². The molecule has 0 unspecified atom stereocenters. The number of rotatable bonds is 7. The summed E-state index contributed by atoms with van der Waals surface area (Å²) < 4.78 is 74.5. The van der Waals surface area contributed by atoms with E-state index >= 15 is 0 Å². The van der Waals surface area contributed by atoms with E-state index in [0.717, 1.165) is 19.8 Å². The van der Waals surface area contributed by atoms with Crippen molar-refractivity contribution in [1.29, 1.82) is 0 Å². The molecule has 41 heavy (non-hydrogen) atoms. The molecule has 10 nitrogen and oxygen atoms in total. The number of aromatic nitrogens is 5. The van der Waals surface area contributed by atoms with Crippen molar-refractivity contribution >= 4 is 17.5 Å². The number of halogens is 5. The molecule has 2 N–H and O–H groups in total. The predicted octanol–water partition coefficient (Wildman–Crippen LogP) is 4.29. The van der Waals surface area contributed by atoms with Crippen molar-refractivity contribution in [3.63, 3.8) is 0 Å². The summed E-state index contributed by atoms with van der Waals surface area (Å²) in [6.07, 6.45) is -0.501. The van der Waals surface area contributed by atoms with Gasteiger partial charge in [0.25, 0.3) is 5.91 Å². The molecule has 220 valence electrons. The van der Waals surface area contributed by atoms with Crippen LogP contribution in [0.25, 0.3) is 5.65 Å². The van der Waals surface area contributed by atoms with Crippen molar-refractivity contribution < 1.29 is 36.2 Å². The number of carbonyl (C=O) groups is 2. The van der Waals surface area contributed by atoms with E-state index in [4.69, 9.17) is 4.63 Å². The molecule has 3 aromatic rings. The Labute approximate surface area is 230 Å². The highest BCUT2D eigenvalue weighted by atomic mass is 19.4. The molecule has 2 saturated carbocycles. The molecule has 6 rings (SSSR count). The lowest BCUT2D eigenvalue weighted by Gasteiger charge is -2.33. The molecule has 2 aliphatic carbocycles. The first kappa shape index (κ1) is 27.5. The summed E-state index contributed by atoms with van der Waals surface area (Å²) in [5, 5.41) is 16.9. The van der Waals surface area contributed by atoms with Crippen LogP contribution in [0, 0.1) is 11.8 Å². The summed E-state index contributed by atoms with van der Waals surface area (Å²) in [7, 11) is 0. The van der Waals surface area contributed by atoms with Crippen molar-refractivity contribution in [2.24, 2.45) is 11.8 Å². The van der Waals surface area contributed by atoms with Gasteiger partial charge in [-0.05, 0) is 68.2 Å². The molecule has 0 spiro atoms. The number of fused-ring (bicyclic) bond motifs is 1. The van der Waals surface area contributed by atoms with E-state index in [1.54, 1.807) is 12.3 Å². The summed E-state index contributed by atoms with van der Waals surface area (Å²) in [4.78, 5) is 30.2. The van der Waals surface area contributed by atoms with Gasteiger partial charge in [0.1, 0.15) is 11.2 Å². The molecule has 3 aliphatic rings. The number of hydrogen-bond donors (Lipinski definition) is 2. The van der Waals surface area contributed by atoms with E-state index in [2.05, 4.69) is 31.0 Å². The molecule has 1 saturated heterocycles. The molecule has 0 aromatic carbocycles. The fourth-order valence-electron chi connectivity index (χ4n) is 5.86. The summed E-state index contributed by atoms with van der Waals surface area (Å²) in [6, 6.07) is 0.883. The van der Waals surface area contributed by atoms with Crippen LogP contribution in [0.5, 0.6) is 0 Å². The highest BCUT2D eigenvalue weighted by molar-refractivity contribution is 5.93. The Morgan fingerprint density at radius 3 is 2.61 bits per heavy atom. The molecular formula is C26H28F5N7O3. The van der Waals surface area contributed by atoms with Crippen LogP contribution in [0.4, 0.5) is 22.0 Å². The smallest absolute Gasteiger partial charge is 0.342 e. The summed E-state index contributed by atoms with van der Waals surface area (Å²) in [5.41, 5.74) is -0.517. The topological polar surface area (TPSA) is 127 Å². The zero-order valence-electron chi connectivity index (χ0n) is 22.0. The molecule has 2 amide bonds. The zero-order chi connectivity index (χ0) is 29.2. The molecule has 0 radical (unpaired) electrons. The van der Waals surface area contributed by atoms with E-state index < -0.39 is 47.8 Å². The van der Waals surface area contributed by atoms with E-state index in [-0.39, 0.29) is 49.6 Å². The van der Waals surface area contributed by atoms with Gasteiger partial charge < -0.3 is 10.6 Å². The number of hydrogen-bond acceptors (Lipinski definition) is 7. The summed E-state index contributed by atoms with van der Waals surface area (Å²) >= 11 is 0. The minimum Gasteiger partial charge on any atom is -0.342 e. The second-order valence-electron chi connectivity index (χ2n) is 11.7. The maximum atomic E-state index is 14.0. The maximum absolute atomic E-state index is 14.0. The lowest BCUT2D eigenvalue weighted by atomic mass is 9.81. The van der Waals surface area contributed by atoms with Gasteiger partial charge in [-0.2, -0.15) is 18.3 Å².